The molecule has 1 amide bonds. The van der Waals surface area contributed by atoms with Gasteiger partial charge in [0.15, 0.2) is 0 Å². The highest BCUT2D eigenvalue weighted by Gasteiger charge is 2.42. The molecule has 0 bridgehead atoms. The lowest BCUT2D eigenvalue weighted by Gasteiger charge is -2.40. The Balaban J connectivity index is 2.26. The zero-order chi connectivity index (χ0) is 10.9. The number of carbonyl (C=O) groups is 1. The van der Waals surface area contributed by atoms with Crippen molar-refractivity contribution < 1.29 is 9.53 Å². The predicted molar refractivity (Wildman–Crippen MR) is 57.6 cm³/mol. The van der Waals surface area contributed by atoms with Crippen molar-refractivity contribution in [3.8, 4) is 0 Å². The standard InChI is InChI=1S/C11H12ClNO2/c12-9-4-2-8(3-5-9)11(6-1-7-11)15-10(13)14/h2-5H,1,6-7H2,(H2,13,14). The van der Waals surface area contributed by atoms with E-state index in [2.05, 4.69) is 0 Å². The number of nitrogens with two attached hydrogens (primary N) is 1. The maximum absolute atomic E-state index is 10.8. The number of ether oxygens (including phenoxy) is 1. The molecule has 1 fully saturated rings. The highest BCUT2D eigenvalue weighted by molar-refractivity contribution is 6.30. The van der Waals surface area contributed by atoms with E-state index in [1.165, 1.54) is 0 Å². The van der Waals surface area contributed by atoms with Crippen molar-refractivity contribution in [3.63, 3.8) is 0 Å². The van der Waals surface area contributed by atoms with Crippen LogP contribution in [0.5, 0.6) is 0 Å². The second-order valence-electron chi connectivity index (χ2n) is 3.78. The van der Waals surface area contributed by atoms with Crippen molar-refractivity contribution in [2.24, 2.45) is 5.73 Å². The van der Waals surface area contributed by atoms with Gasteiger partial charge in [0.2, 0.25) is 0 Å². The summed E-state index contributed by atoms with van der Waals surface area (Å²) in [5.41, 5.74) is 5.53. The van der Waals surface area contributed by atoms with Crippen LogP contribution in [0.4, 0.5) is 4.79 Å². The fourth-order valence-corrected chi connectivity index (χ4v) is 2.02. The van der Waals surface area contributed by atoms with Crippen molar-refractivity contribution in [2.45, 2.75) is 24.9 Å². The third-order valence-electron chi connectivity index (χ3n) is 2.83. The number of primary amides is 1. The fraction of sp³-hybridized carbons (Fsp3) is 0.364. The maximum atomic E-state index is 10.8. The van der Waals surface area contributed by atoms with Crippen LogP contribution in [-0.2, 0) is 10.3 Å². The Kier molecular flexibility index (Phi) is 2.57. The summed E-state index contributed by atoms with van der Waals surface area (Å²) in [5, 5.41) is 0.673. The average molecular weight is 226 g/mol. The van der Waals surface area contributed by atoms with Crippen LogP contribution in [0.15, 0.2) is 24.3 Å². The van der Waals surface area contributed by atoms with Crippen LogP contribution in [0.2, 0.25) is 5.02 Å². The molecule has 2 rings (SSSR count). The van der Waals surface area contributed by atoms with Gasteiger partial charge in [-0.15, -0.1) is 0 Å². The third-order valence-corrected chi connectivity index (χ3v) is 3.08. The van der Waals surface area contributed by atoms with E-state index in [0.29, 0.717) is 5.02 Å². The lowest BCUT2D eigenvalue weighted by atomic mass is 9.75. The van der Waals surface area contributed by atoms with Gasteiger partial charge in [0.05, 0.1) is 0 Å². The molecule has 1 aromatic carbocycles. The zero-order valence-corrected chi connectivity index (χ0v) is 8.96. The van der Waals surface area contributed by atoms with E-state index in [0.717, 1.165) is 24.8 Å². The smallest absolute Gasteiger partial charge is 0.405 e. The molecule has 1 aliphatic rings. The van der Waals surface area contributed by atoms with E-state index in [9.17, 15) is 4.79 Å². The summed E-state index contributed by atoms with van der Waals surface area (Å²) in [5.74, 6) is 0. The summed E-state index contributed by atoms with van der Waals surface area (Å²) in [4.78, 5) is 10.8. The van der Waals surface area contributed by atoms with Gasteiger partial charge in [-0.1, -0.05) is 23.7 Å². The molecular weight excluding hydrogens is 214 g/mol. The van der Waals surface area contributed by atoms with Gasteiger partial charge in [-0.25, -0.2) is 4.79 Å². The minimum atomic E-state index is -0.718. The number of hydrogen-bond donors (Lipinski definition) is 1. The Labute approximate surface area is 93.2 Å². The molecule has 1 saturated carbocycles. The van der Waals surface area contributed by atoms with Crippen LogP contribution >= 0.6 is 11.6 Å². The highest BCUT2D eigenvalue weighted by atomic mass is 35.5. The fourth-order valence-electron chi connectivity index (χ4n) is 1.89. The summed E-state index contributed by atoms with van der Waals surface area (Å²) >= 11 is 5.80. The Morgan fingerprint density at radius 2 is 1.93 bits per heavy atom. The van der Waals surface area contributed by atoms with Gasteiger partial charge in [0.1, 0.15) is 5.60 Å². The first kappa shape index (κ1) is 10.3. The molecule has 1 aromatic rings. The number of halogens is 1. The molecule has 2 N–H and O–H groups in total. The average Bonchev–Trinajstić information content (AvgIpc) is 2.13. The summed E-state index contributed by atoms with van der Waals surface area (Å²) < 4.78 is 5.20. The van der Waals surface area contributed by atoms with E-state index in [-0.39, 0.29) is 0 Å². The third kappa shape index (κ3) is 1.92. The van der Waals surface area contributed by atoms with Crippen molar-refractivity contribution in [1.29, 1.82) is 0 Å². The van der Waals surface area contributed by atoms with Gasteiger partial charge in [-0.2, -0.15) is 0 Å². The van der Waals surface area contributed by atoms with Gasteiger partial charge in [-0.3, -0.25) is 0 Å². The second kappa shape index (κ2) is 3.74. The summed E-state index contributed by atoms with van der Waals surface area (Å²) in [7, 11) is 0. The molecule has 0 heterocycles. The Morgan fingerprint density at radius 3 is 2.33 bits per heavy atom. The molecule has 0 aliphatic heterocycles. The van der Waals surface area contributed by atoms with E-state index < -0.39 is 11.7 Å². The van der Waals surface area contributed by atoms with E-state index in [1.807, 2.05) is 12.1 Å². The summed E-state index contributed by atoms with van der Waals surface area (Å²) in [6, 6.07) is 7.34. The van der Waals surface area contributed by atoms with Crippen LogP contribution in [0.1, 0.15) is 24.8 Å². The minimum Gasteiger partial charge on any atom is -0.438 e. The molecule has 80 valence electrons. The molecule has 4 heteroatoms. The zero-order valence-electron chi connectivity index (χ0n) is 8.20. The minimum absolute atomic E-state index is 0.504. The molecule has 0 saturated heterocycles. The van der Waals surface area contributed by atoms with E-state index in [4.69, 9.17) is 22.1 Å². The van der Waals surface area contributed by atoms with Crippen LogP contribution in [0, 0.1) is 0 Å². The van der Waals surface area contributed by atoms with E-state index in [1.54, 1.807) is 12.1 Å². The Bertz CT molecular complexity index is 371. The molecule has 1 aliphatic carbocycles. The van der Waals surface area contributed by atoms with Crippen molar-refractivity contribution in [1.82, 2.24) is 0 Å². The van der Waals surface area contributed by atoms with Crippen LogP contribution < -0.4 is 5.73 Å². The number of amides is 1. The number of benzene rings is 1. The first-order chi connectivity index (χ1) is 7.12. The molecule has 0 radical (unpaired) electrons. The largest absolute Gasteiger partial charge is 0.438 e. The quantitative estimate of drug-likeness (QED) is 0.842. The van der Waals surface area contributed by atoms with Crippen LogP contribution in [0.25, 0.3) is 0 Å². The monoisotopic (exact) mass is 225 g/mol. The topological polar surface area (TPSA) is 52.3 Å². The molecule has 0 atom stereocenters. The molecule has 0 spiro atoms. The first-order valence-corrected chi connectivity index (χ1v) is 5.25. The van der Waals surface area contributed by atoms with Gasteiger partial charge < -0.3 is 10.5 Å². The van der Waals surface area contributed by atoms with Gasteiger partial charge in [0, 0.05) is 5.02 Å². The van der Waals surface area contributed by atoms with Gasteiger partial charge in [-0.05, 0) is 37.0 Å². The number of carbonyl (C=O) groups excluding carboxylic acids is 1. The normalized spacial score (nSPS) is 17.9. The number of hydrogen-bond acceptors (Lipinski definition) is 2. The molecule has 15 heavy (non-hydrogen) atoms. The lowest BCUT2D eigenvalue weighted by Crippen LogP contribution is -2.40. The molecule has 0 aromatic heterocycles. The first-order valence-electron chi connectivity index (χ1n) is 4.87. The van der Waals surface area contributed by atoms with Crippen LogP contribution in [0.3, 0.4) is 0 Å². The van der Waals surface area contributed by atoms with Crippen LogP contribution in [-0.4, -0.2) is 6.09 Å². The molecule has 3 nitrogen and oxygen atoms in total. The summed E-state index contributed by atoms with van der Waals surface area (Å²) in [6.45, 7) is 0. The van der Waals surface area contributed by atoms with Crippen molar-refractivity contribution in [2.75, 3.05) is 0 Å². The van der Waals surface area contributed by atoms with Crippen molar-refractivity contribution >= 4 is 17.7 Å². The Morgan fingerprint density at radius 1 is 1.33 bits per heavy atom. The molecular formula is C11H12ClNO2. The predicted octanol–water partition coefficient (Wildman–Crippen LogP) is 2.81. The second-order valence-corrected chi connectivity index (χ2v) is 4.21. The highest BCUT2D eigenvalue weighted by Crippen LogP contribution is 2.44. The lowest BCUT2D eigenvalue weighted by molar-refractivity contribution is -0.0489. The molecule has 0 unspecified atom stereocenters. The van der Waals surface area contributed by atoms with Gasteiger partial charge in [0.25, 0.3) is 0 Å². The maximum Gasteiger partial charge on any atom is 0.405 e. The SMILES string of the molecule is NC(=O)OC1(c2ccc(Cl)cc2)CCC1. The summed E-state index contributed by atoms with van der Waals surface area (Å²) in [6.07, 6.45) is 2.00. The van der Waals surface area contributed by atoms with Gasteiger partial charge >= 0.3 is 6.09 Å². The van der Waals surface area contributed by atoms with Crippen molar-refractivity contribution in [3.05, 3.63) is 34.9 Å². The Hall–Kier alpha value is -1.22. The number of rotatable bonds is 2. The van der Waals surface area contributed by atoms with E-state index >= 15 is 0 Å².